The Bertz CT molecular complexity index is 328. The van der Waals surface area contributed by atoms with Gasteiger partial charge in [0.2, 0.25) is 5.91 Å². The molecule has 0 aliphatic rings. The highest BCUT2D eigenvalue weighted by Gasteiger charge is 1.88. The van der Waals surface area contributed by atoms with Crippen LogP contribution in [0.15, 0.2) is 30.3 Å². The van der Waals surface area contributed by atoms with Gasteiger partial charge in [0.1, 0.15) is 5.75 Å². The topological polar surface area (TPSA) is 49.3 Å². The van der Waals surface area contributed by atoms with E-state index in [-0.39, 0.29) is 11.7 Å². The van der Waals surface area contributed by atoms with Crippen molar-refractivity contribution in [1.29, 1.82) is 0 Å². The van der Waals surface area contributed by atoms with Crippen molar-refractivity contribution in [3.05, 3.63) is 35.9 Å². The van der Waals surface area contributed by atoms with Gasteiger partial charge in [-0.1, -0.05) is 24.3 Å². The Labute approximate surface area is 83.1 Å². The third-order valence-electron chi connectivity index (χ3n) is 1.67. The number of hydrogen-bond donors (Lipinski definition) is 2. The molecule has 0 saturated heterocycles. The molecule has 0 radical (unpaired) electrons. The molecule has 1 aromatic carbocycles. The second-order valence-electron chi connectivity index (χ2n) is 2.93. The molecular formula is C11H13NO2. The first-order valence-corrected chi connectivity index (χ1v) is 4.38. The zero-order valence-corrected chi connectivity index (χ0v) is 8.03. The van der Waals surface area contributed by atoms with Crippen LogP contribution < -0.4 is 5.32 Å². The van der Waals surface area contributed by atoms with Crippen LogP contribution in [0, 0.1) is 0 Å². The molecule has 1 rings (SSSR count). The minimum Gasteiger partial charge on any atom is -0.508 e. The molecule has 0 saturated carbocycles. The van der Waals surface area contributed by atoms with Crippen LogP contribution in [-0.2, 0) is 4.79 Å². The Morgan fingerprint density at radius 1 is 1.43 bits per heavy atom. The number of amides is 1. The smallest absolute Gasteiger partial charge is 0.217 e. The van der Waals surface area contributed by atoms with Crippen LogP contribution >= 0.6 is 0 Å². The number of benzene rings is 1. The summed E-state index contributed by atoms with van der Waals surface area (Å²) in [5.74, 6) is 0.212. The lowest BCUT2D eigenvalue weighted by molar-refractivity contribution is -0.118. The van der Waals surface area contributed by atoms with Crippen molar-refractivity contribution in [2.24, 2.45) is 0 Å². The number of carbonyl (C=O) groups is 1. The number of nitrogens with one attached hydrogen (secondary N) is 1. The van der Waals surface area contributed by atoms with Gasteiger partial charge in [0.15, 0.2) is 0 Å². The van der Waals surface area contributed by atoms with E-state index in [2.05, 4.69) is 5.32 Å². The molecule has 0 bridgehead atoms. The van der Waals surface area contributed by atoms with E-state index in [9.17, 15) is 4.79 Å². The fraction of sp³-hybridized carbons (Fsp3) is 0.182. The van der Waals surface area contributed by atoms with Crippen LogP contribution in [0.3, 0.4) is 0 Å². The second-order valence-corrected chi connectivity index (χ2v) is 2.93. The Morgan fingerprint density at radius 3 is 2.64 bits per heavy atom. The molecule has 14 heavy (non-hydrogen) atoms. The number of hydrogen-bond acceptors (Lipinski definition) is 2. The summed E-state index contributed by atoms with van der Waals surface area (Å²) in [6.07, 6.45) is 3.74. The van der Waals surface area contributed by atoms with Gasteiger partial charge in [0, 0.05) is 13.5 Å². The molecule has 0 heterocycles. The molecule has 1 amide bonds. The maximum atomic E-state index is 10.5. The first-order valence-electron chi connectivity index (χ1n) is 4.38. The molecule has 3 nitrogen and oxygen atoms in total. The fourth-order valence-corrected chi connectivity index (χ4v) is 0.983. The number of aromatic hydroxyl groups is 1. The molecule has 0 aliphatic heterocycles. The molecule has 3 heteroatoms. The summed E-state index contributed by atoms with van der Waals surface area (Å²) in [5.41, 5.74) is 0.994. The van der Waals surface area contributed by atoms with Crippen LogP contribution in [0.4, 0.5) is 0 Å². The largest absolute Gasteiger partial charge is 0.508 e. The lowest BCUT2D eigenvalue weighted by Crippen LogP contribution is -2.19. The molecule has 0 fully saturated rings. The third kappa shape index (κ3) is 3.76. The van der Waals surface area contributed by atoms with Crippen molar-refractivity contribution in [3.63, 3.8) is 0 Å². The van der Waals surface area contributed by atoms with E-state index >= 15 is 0 Å². The van der Waals surface area contributed by atoms with E-state index in [1.807, 2.05) is 12.2 Å². The number of phenolic OH excluding ortho intramolecular Hbond substituents is 1. The normalized spacial score (nSPS) is 10.4. The van der Waals surface area contributed by atoms with Crippen LogP contribution in [0.1, 0.15) is 12.5 Å². The first-order chi connectivity index (χ1) is 6.68. The van der Waals surface area contributed by atoms with Crippen LogP contribution in [0.2, 0.25) is 0 Å². The predicted molar refractivity (Wildman–Crippen MR) is 55.8 cm³/mol. The van der Waals surface area contributed by atoms with Gasteiger partial charge in [0.25, 0.3) is 0 Å². The SMILES string of the molecule is CC(=O)NCC=Cc1ccc(O)cc1. The van der Waals surface area contributed by atoms with Gasteiger partial charge < -0.3 is 10.4 Å². The standard InChI is InChI=1S/C11H13NO2/c1-9(13)12-8-2-3-10-4-6-11(14)7-5-10/h2-7,14H,8H2,1H3,(H,12,13). The van der Waals surface area contributed by atoms with E-state index in [1.54, 1.807) is 24.3 Å². The van der Waals surface area contributed by atoms with Crippen molar-refractivity contribution in [3.8, 4) is 5.75 Å². The highest BCUT2D eigenvalue weighted by Crippen LogP contribution is 2.10. The molecule has 0 unspecified atom stereocenters. The quantitative estimate of drug-likeness (QED) is 0.761. The van der Waals surface area contributed by atoms with Gasteiger partial charge in [-0.2, -0.15) is 0 Å². The Kier molecular flexibility index (Phi) is 3.73. The second kappa shape index (κ2) is 5.07. The number of carbonyl (C=O) groups excluding carboxylic acids is 1. The molecule has 1 aromatic rings. The average molecular weight is 191 g/mol. The fourth-order valence-electron chi connectivity index (χ4n) is 0.983. The van der Waals surface area contributed by atoms with Crippen LogP contribution in [0.25, 0.3) is 6.08 Å². The van der Waals surface area contributed by atoms with Gasteiger partial charge in [0.05, 0.1) is 0 Å². The first kappa shape index (κ1) is 10.3. The summed E-state index contributed by atoms with van der Waals surface area (Å²) < 4.78 is 0. The highest BCUT2D eigenvalue weighted by atomic mass is 16.3. The number of rotatable bonds is 3. The maximum absolute atomic E-state index is 10.5. The van der Waals surface area contributed by atoms with Gasteiger partial charge in [-0.05, 0) is 17.7 Å². The highest BCUT2D eigenvalue weighted by molar-refractivity contribution is 5.73. The average Bonchev–Trinajstić information content (AvgIpc) is 2.15. The monoisotopic (exact) mass is 191 g/mol. The Morgan fingerprint density at radius 2 is 2.07 bits per heavy atom. The van der Waals surface area contributed by atoms with Gasteiger partial charge in [-0.15, -0.1) is 0 Å². The molecule has 0 aliphatic carbocycles. The van der Waals surface area contributed by atoms with Crippen molar-refractivity contribution in [1.82, 2.24) is 5.32 Å². The Hall–Kier alpha value is -1.77. The predicted octanol–water partition coefficient (Wildman–Crippen LogP) is 1.54. The lowest BCUT2D eigenvalue weighted by Gasteiger charge is -1.96. The van der Waals surface area contributed by atoms with Crippen LogP contribution in [-0.4, -0.2) is 17.6 Å². The summed E-state index contributed by atoms with van der Waals surface area (Å²) in [4.78, 5) is 10.5. The molecule has 0 aromatic heterocycles. The minimum atomic E-state index is -0.0413. The van der Waals surface area contributed by atoms with Crippen molar-refractivity contribution in [2.45, 2.75) is 6.92 Å². The Balaban J connectivity index is 2.44. The summed E-state index contributed by atoms with van der Waals surface area (Å²) >= 11 is 0. The summed E-state index contributed by atoms with van der Waals surface area (Å²) in [5, 5.41) is 11.7. The van der Waals surface area contributed by atoms with Gasteiger partial charge in [-0.3, -0.25) is 4.79 Å². The van der Waals surface area contributed by atoms with Crippen molar-refractivity contribution >= 4 is 12.0 Å². The van der Waals surface area contributed by atoms with E-state index in [0.29, 0.717) is 6.54 Å². The summed E-state index contributed by atoms with van der Waals surface area (Å²) in [6, 6.07) is 6.86. The minimum absolute atomic E-state index is 0.0413. The van der Waals surface area contributed by atoms with E-state index in [4.69, 9.17) is 5.11 Å². The van der Waals surface area contributed by atoms with E-state index in [0.717, 1.165) is 5.56 Å². The summed E-state index contributed by atoms with van der Waals surface area (Å²) in [6.45, 7) is 2.00. The van der Waals surface area contributed by atoms with E-state index < -0.39 is 0 Å². The van der Waals surface area contributed by atoms with Crippen LogP contribution in [0.5, 0.6) is 5.75 Å². The van der Waals surface area contributed by atoms with Crippen molar-refractivity contribution in [2.75, 3.05) is 6.54 Å². The van der Waals surface area contributed by atoms with Gasteiger partial charge in [-0.25, -0.2) is 0 Å². The molecule has 0 atom stereocenters. The zero-order chi connectivity index (χ0) is 10.4. The van der Waals surface area contributed by atoms with Gasteiger partial charge >= 0.3 is 0 Å². The maximum Gasteiger partial charge on any atom is 0.217 e. The third-order valence-corrected chi connectivity index (χ3v) is 1.67. The molecule has 0 spiro atoms. The molecule has 74 valence electrons. The lowest BCUT2D eigenvalue weighted by atomic mass is 10.2. The molecule has 2 N–H and O–H groups in total. The van der Waals surface area contributed by atoms with E-state index in [1.165, 1.54) is 6.92 Å². The zero-order valence-electron chi connectivity index (χ0n) is 8.03. The summed E-state index contributed by atoms with van der Waals surface area (Å²) in [7, 11) is 0. The van der Waals surface area contributed by atoms with Crippen molar-refractivity contribution < 1.29 is 9.90 Å². The number of phenols is 1. The molecular weight excluding hydrogens is 178 g/mol.